The molecule has 0 amide bonds. The Balaban J connectivity index is 2.83. The van der Waals surface area contributed by atoms with Crippen LogP contribution in [0.4, 0.5) is 0 Å². The lowest BCUT2D eigenvalue weighted by Gasteiger charge is -2.01. The Labute approximate surface area is 45.1 Å². The van der Waals surface area contributed by atoms with E-state index in [1.807, 2.05) is 7.05 Å². The minimum Gasteiger partial charge on any atom is -0.343 e. The first-order valence-corrected chi connectivity index (χ1v) is 2.81. The van der Waals surface area contributed by atoms with Crippen molar-refractivity contribution in [2.24, 2.45) is 0 Å². The van der Waals surface area contributed by atoms with Crippen molar-refractivity contribution in [3.63, 3.8) is 0 Å². The fourth-order valence-corrected chi connectivity index (χ4v) is 0.493. The van der Waals surface area contributed by atoms with E-state index in [4.69, 9.17) is 0 Å². The van der Waals surface area contributed by atoms with Crippen molar-refractivity contribution >= 4 is 0 Å². The van der Waals surface area contributed by atoms with Gasteiger partial charge in [0, 0.05) is 6.42 Å². The second-order valence-corrected chi connectivity index (χ2v) is 1.77. The van der Waals surface area contributed by atoms with Gasteiger partial charge in [0.15, 0.2) is 0 Å². The highest BCUT2D eigenvalue weighted by molar-refractivity contribution is 4.41. The topological polar surface area (TPSA) is 39.7 Å². The van der Waals surface area contributed by atoms with E-state index in [2.05, 4.69) is 18.0 Å². The summed E-state index contributed by atoms with van der Waals surface area (Å²) in [5, 5.41) is 3.05. The highest BCUT2D eigenvalue weighted by atomic mass is 15.0. The maximum absolute atomic E-state index is 3.84. The minimum absolute atomic E-state index is 0.449. The summed E-state index contributed by atoms with van der Waals surface area (Å²) in [6.45, 7) is 2.16. The van der Waals surface area contributed by atoms with Crippen LogP contribution in [0.15, 0.2) is 0 Å². The SMILES string of the molecule is CCCC([NH3+])NC. The average Bonchev–Trinajstić information content (AvgIpc) is 1.68. The number of nitrogens with one attached hydrogen (secondary N) is 1. The van der Waals surface area contributed by atoms with Gasteiger partial charge < -0.3 is 5.73 Å². The van der Waals surface area contributed by atoms with E-state index in [9.17, 15) is 0 Å². The summed E-state index contributed by atoms with van der Waals surface area (Å²) < 4.78 is 0. The summed E-state index contributed by atoms with van der Waals surface area (Å²) in [4.78, 5) is 0. The second kappa shape index (κ2) is 4.09. The first-order chi connectivity index (χ1) is 3.31. The molecule has 0 aliphatic rings. The van der Waals surface area contributed by atoms with Gasteiger partial charge in [-0.1, -0.05) is 6.92 Å². The van der Waals surface area contributed by atoms with Gasteiger partial charge in [0.2, 0.25) is 0 Å². The fraction of sp³-hybridized carbons (Fsp3) is 1.00. The Morgan fingerprint density at radius 2 is 2.29 bits per heavy atom. The van der Waals surface area contributed by atoms with E-state index in [-0.39, 0.29) is 0 Å². The number of hydrogen-bond donors (Lipinski definition) is 2. The van der Waals surface area contributed by atoms with Gasteiger partial charge in [-0.05, 0) is 13.5 Å². The van der Waals surface area contributed by atoms with Crippen molar-refractivity contribution < 1.29 is 5.73 Å². The van der Waals surface area contributed by atoms with Crippen LogP contribution in [0.5, 0.6) is 0 Å². The van der Waals surface area contributed by atoms with Crippen LogP contribution >= 0.6 is 0 Å². The average molecular weight is 103 g/mol. The number of hydrogen-bond acceptors (Lipinski definition) is 1. The largest absolute Gasteiger partial charge is 0.343 e. The standard InChI is InChI=1S/C5H14N2/c1-3-4-5(6)7-2/h5,7H,3-4,6H2,1-2H3/p+1. The van der Waals surface area contributed by atoms with Gasteiger partial charge in [-0.3, -0.25) is 5.32 Å². The monoisotopic (exact) mass is 103 g/mol. The lowest BCUT2D eigenvalue weighted by molar-refractivity contribution is -0.429. The van der Waals surface area contributed by atoms with Gasteiger partial charge in [-0.15, -0.1) is 0 Å². The van der Waals surface area contributed by atoms with Crippen LogP contribution in [0.25, 0.3) is 0 Å². The van der Waals surface area contributed by atoms with Gasteiger partial charge in [0.1, 0.15) is 6.17 Å². The molecule has 1 unspecified atom stereocenters. The van der Waals surface area contributed by atoms with Crippen molar-refractivity contribution in [3.8, 4) is 0 Å². The van der Waals surface area contributed by atoms with Crippen LogP contribution in [0.2, 0.25) is 0 Å². The zero-order valence-electron chi connectivity index (χ0n) is 5.20. The van der Waals surface area contributed by atoms with Gasteiger partial charge in [-0.25, -0.2) is 0 Å². The van der Waals surface area contributed by atoms with Crippen LogP contribution in [0.3, 0.4) is 0 Å². The third-order valence-electron chi connectivity index (χ3n) is 1.05. The summed E-state index contributed by atoms with van der Waals surface area (Å²) in [6, 6.07) is 0. The predicted octanol–water partition coefficient (Wildman–Crippen LogP) is -0.426. The quantitative estimate of drug-likeness (QED) is 0.468. The normalized spacial score (nSPS) is 14.1. The molecular formula is C5H15N2+. The molecule has 0 heterocycles. The van der Waals surface area contributed by atoms with Crippen LogP contribution in [-0.4, -0.2) is 13.2 Å². The Morgan fingerprint density at radius 1 is 1.71 bits per heavy atom. The first kappa shape index (κ1) is 6.92. The van der Waals surface area contributed by atoms with Crippen molar-refractivity contribution in [1.82, 2.24) is 5.32 Å². The molecule has 2 heteroatoms. The van der Waals surface area contributed by atoms with Gasteiger partial charge in [-0.2, -0.15) is 0 Å². The van der Waals surface area contributed by atoms with Crippen molar-refractivity contribution in [3.05, 3.63) is 0 Å². The lowest BCUT2D eigenvalue weighted by atomic mass is 10.3. The molecule has 0 rings (SSSR count). The highest BCUT2D eigenvalue weighted by Gasteiger charge is 1.95. The Kier molecular flexibility index (Phi) is 4.04. The van der Waals surface area contributed by atoms with E-state index >= 15 is 0 Å². The summed E-state index contributed by atoms with van der Waals surface area (Å²) in [5.74, 6) is 0. The molecule has 0 aromatic heterocycles. The van der Waals surface area contributed by atoms with Crippen LogP contribution < -0.4 is 11.1 Å². The molecule has 2 nitrogen and oxygen atoms in total. The summed E-state index contributed by atoms with van der Waals surface area (Å²) >= 11 is 0. The minimum atomic E-state index is 0.449. The molecule has 1 atom stereocenters. The van der Waals surface area contributed by atoms with E-state index in [1.165, 1.54) is 12.8 Å². The third kappa shape index (κ3) is 3.76. The van der Waals surface area contributed by atoms with Gasteiger partial charge in [0.05, 0.1) is 0 Å². The molecule has 0 aromatic rings. The zero-order valence-corrected chi connectivity index (χ0v) is 5.20. The second-order valence-electron chi connectivity index (χ2n) is 1.77. The summed E-state index contributed by atoms with van der Waals surface area (Å²) in [5.41, 5.74) is 3.84. The molecule has 0 aliphatic heterocycles. The van der Waals surface area contributed by atoms with Crippen LogP contribution in [0, 0.1) is 0 Å². The highest BCUT2D eigenvalue weighted by Crippen LogP contribution is 1.84. The molecule has 0 radical (unpaired) electrons. The molecule has 0 spiro atoms. The molecule has 0 aliphatic carbocycles. The number of rotatable bonds is 3. The molecule has 0 saturated heterocycles. The molecule has 0 bridgehead atoms. The van der Waals surface area contributed by atoms with Crippen molar-refractivity contribution in [2.75, 3.05) is 7.05 Å². The molecular weight excluding hydrogens is 88.1 g/mol. The van der Waals surface area contributed by atoms with Crippen molar-refractivity contribution in [1.29, 1.82) is 0 Å². The lowest BCUT2D eigenvalue weighted by Crippen LogP contribution is -2.66. The van der Waals surface area contributed by atoms with Crippen LogP contribution in [0.1, 0.15) is 19.8 Å². The van der Waals surface area contributed by atoms with Gasteiger partial charge in [0.25, 0.3) is 0 Å². The molecule has 7 heavy (non-hydrogen) atoms. The Morgan fingerprint density at radius 3 is 2.43 bits per heavy atom. The molecule has 0 fully saturated rings. The molecule has 44 valence electrons. The molecule has 0 aromatic carbocycles. The van der Waals surface area contributed by atoms with E-state index in [0.29, 0.717) is 6.17 Å². The fourth-order valence-electron chi connectivity index (χ4n) is 0.493. The van der Waals surface area contributed by atoms with Crippen molar-refractivity contribution in [2.45, 2.75) is 25.9 Å². The Hall–Kier alpha value is -0.0800. The zero-order chi connectivity index (χ0) is 5.70. The predicted molar refractivity (Wildman–Crippen MR) is 30.6 cm³/mol. The first-order valence-electron chi connectivity index (χ1n) is 2.81. The van der Waals surface area contributed by atoms with Crippen LogP contribution in [-0.2, 0) is 0 Å². The molecule has 4 N–H and O–H groups in total. The maximum Gasteiger partial charge on any atom is 0.137 e. The maximum atomic E-state index is 3.84. The Bertz CT molecular complexity index is 37.1. The summed E-state index contributed by atoms with van der Waals surface area (Å²) in [6.07, 6.45) is 2.84. The molecule has 0 saturated carbocycles. The van der Waals surface area contributed by atoms with E-state index < -0.39 is 0 Å². The summed E-state index contributed by atoms with van der Waals surface area (Å²) in [7, 11) is 1.94. The van der Waals surface area contributed by atoms with Gasteiger partial charge >= 0.3 is 0 Å². The third-order valence-corrected chi connectivity index (χ3v) is 1.05. The number of quaternary nitrogens is 1. The van der Waals surface area contributed by atoms with E-state index in [1.54, 1.807) is 0 Å². The van der Waals surface area contributed by atoms with E-state index in [0.717, 1.165) is 0 Å². The smallest absolute Gasteiger partial charge is 0.137 e.